The number of nitrogens with one attached hydrogen (secondary N) is 3. The van der Waals surface area contributed by atoms with Crippen LogP contribution in [0.5, 0.6) is 0 Å². The molecule has 0 atom stereocenters. The third-order valence-electron chi connectivity index (χ3n) is 5.29. The normalized spacial score (nSPS) is 12.0. The first-order valence-electron chi connectivity index (χ1n) is 11.2. The van der Waals surface area contributed by atoms with Crippen LogP contribution in [0.4, 0.5) is 4.79 Å². The maximum atomic E-state index is 12.5. The summed E-state index contributed by atoms with van der Waals surface area (Å²) in [6.07, 6.45) is 3.35. The Morgan fingerprint density at radius 2 is 1.73 bits per heavy atom. The first-order valence-corrected chi connectivity index (χ1v) is 11.2. The average molecular weight is 448 g/mol. The van der Waals surface area contributed by atoms with Gasteiger partial charge in [0.2, 0.25) is 5.91 Å². The topological polar surface area (TPSA) is 83.2 Å². The number of aromatic amines is 1. The molecule has 0 aliphatic heterocycles. The molecule has 6 heteroatoms. The summed E-state index contributed by atoms with van der Waals surface area (Å²) in [7, 11) is 0. The molecule has 0 fully saturated rings. The summed E-state index contributed by atoms with van der Waals surface area (Å²) in [6, 6.07) is 12.8. The van der Waals surface area contributed by atoms with Crippen molar-refractivity contribution in [3.8, 4) is 11.1 Å². The number of fused-ring (bicyclic) bond motifs is 1. The van der Waals surface area contributed by atoms with Crippen LogP contribution in [-0.4, -0.2) is 35.7 Å². The first-order chi connectivity index (χ1) is 15.5. The molecule has 0 unspecified atom stereocenters. The van der Waals surface area contributed by atoms with E-state index in [2.05, 4.69) is 65.9 Å². The Balaban J connectivity index is 1.64. The van der Waals surface area contributed by atoms with Crippen molar-refractivity contribution in [3.63, 3.8) is 0 Å². The molecule has 6 nitrogen and oxygen atoms in total. The molecule has 0 radical (unpaired) electrons. The Labute approximate surface area is 195 Å². The van der Waals surface area contributed by atoms with Crippen molar-refractivity contribution in [2.75, 3.05) is 13.1 Å². The average Bonchev–Trinajstić information content (AvgIpc) is 3.20. The van der Waals surface area contributed by atoms with E-state index in [0.29, 0.717) is 18.7 Å². The number of benzene rings is 2. The lowest BCUT2D eigenvalue weighted by Gasteiger charge is -2.19. The number of amides is 2. The zero-order valence-electron chi connectivity index (χ0n) is 20.3. The number of carbonyl (C=O) groups excluding carboxylic acids is 2. The van der Waals surface area contributed by atoms with Crippen molar-refractivity contribution in [3.05, 3.63) is 64.9 Å². The van der Waals surface area contributed by atoms with Crippen LogP contribution in [0.2, 0.25) is 0 Å². The number of hydrogen-bond acceptors (Lipinski definition) is 3. The highest BCUT2D eigenvalue weighted by atomic mass is 16.6. The first kappa shape index (κ1) is 24.1. The Hall–Kier alpha value is -3.54. The molecule has 1 heterocycles. The van der Waals surface area contributed by atoms with E-state index < -0.39 is 11.7 Å². The number of carbonyl (C=O) groups is 2. The third kappa shape index (κ3) is 6.48. The van der Waals surface area contributed by atoms with E-state index in [0.717, 1.165) is 22.2 Å². The van der Waals surface area contributed by atoms with Gasteiger partial charge in [-0.05, 0) is 99.0 Å². The van der Waals surface area contributed by atoms with Crippen LogP contribution in [0.15, 0.2) is 48.2 Å². The lowest BCUT2D eigenvalue weighted by atomic mass is 9.93. The van der Waals surface area contributed by atoms with Gasteiger partial charge in [0.15, 0.2) is 0 Å². The van der Waals surface area contributed by atoms with Gasteiger partial charge in [0.1, 0.15) is 5.60 Å². The van der Waals surface area contributed by atoms with Crippen LogP contribution in [-0.2, 0) is 9.53 Å². The predicted octanol–water partition coefficient (Wildman–Crippen LogP) is 5.50. The van der Waals surface area contributed by atoms with Crippen LogP contribution in [0.3, 0.4) is 0 Å². The Morgan fingerprint density at radius 1 is 1.00 bits per heavy atom. The monoisotopic (exact) mass is 447 g/mol. The molecular weight excluding hydrogens is 414 g/mol. The van der Waals surface area contributed by atoms with Gasteiger partial charge in [0.25, 0.3) is 0 Å². The Bertz CT molecular complexity index is 1200. The maximum Gasteiger partial charge on any atom is 0.407 e. The fourth-order valence-electron chi connectivity index (χ4n) is 3.62. The van der Waals surface area contributed by atoms with E-state index >= 15 is 0 Å². The zero-order chi connectivity index (χ0) is 24.2. The van der Waals surface area contributed by atoms with E-state index in [1.54, 1.807) is 27.7 Å². The van der Waals surface area contributed by atoms with Gasteiger partial charge in [-0.25, -0.2) is 4.79 Å². The Kier molecular flexibility index (Phi) is 7.26. The molecule has 1 aromatic heterocycles. The van der Waals surface area contributed by atoms with Gasteiger partial charge in [0, 0.05) is 30.4 Å². The quantitative estimate of drug-likeness (QED) is 0.345. The zero-order valence-corrected chi connectivity index (χ0v) is 20.3. The van der Waals surface area contributed by atoms with Gasteiger partial charge in [-0.3, -0.25) is 4.79 Å². The molecule has 2 aromatic carbocycles. The van der Waals surface area contributed by atoms with Crippen LogP contribution in [0, 0.1) is 13.8 Å². The second kappa shape index (κ2) is 9.94. The number of ether oxygens (including phenoxy) is 1. The molecule has 0 spiro atoms. The van der Waals surface area contributed by atoms with Crippen molar-refractivity contribution >= 4 is 29.0 Å². The van der Waals surface area contributed by atoms with E-state index in [-0.39, 0.29) is 5.91 Å². The maximum absolute atomic E-state index is 12.5. The van der Waals surface area contributed by atoms with Crippen molar-refractivity contribution in [2.45, 2.75) is 47.1 Å². The van der Waals surface area contributed by atoms with Crippen molar-refractivity contribution in [2.24, 2.45) is 0 Å². The highest BCUT2D eigenvalue weighted by Gasteiger charge is 2.15. The molecule has 0 aliphatic rings. The van der Waals surface area contributed by atoms with E-state index in [1.165, 1.54) is 16.5 Å². The summed E-state index contributed by atoms with van der Waals surface area (Å²) in [5.41, 5.74) is 6.80. The van der Waals surface area contributed by atoms with Crippen LogP contribution in [0.25, 0.3) is 28.1 Å². The molecule has 3 rings (SSSR count). The molecule has 3 aromatic rings. The molecule has 0 aliphatic carbocycles. The van der Waals surface area contributed by atoms with Gasteiger partial charge < -0.3 is 20.4 Å². The number of alkyl carbamates (subject to hydrolysis) is 1. The van der Waals surface area contributed by atoms with Gasteiger partial charge in [-0.2, -0.15) is 0 Å². The smallest absolute Gasteiger partial charge is 0.407 e. The molecule has 0 saturated carbocycles. The number of H-pyrrole nitrogens is 1. The number of rotatable bonds is 6. The SMILES string of the molecule is CC(=Cc1cc(C)c(-c2ccc3[nH]ccc3c2)cc1C)C(=O)NCCNC(=O)OC(C)(C)C. The fourth-order valence-corrected chi connectivity index (χ4v) is 3.62. The second-order valence-electron chi connectivity index (χ2n) is 9.32. The van der Waals surface area contributed by atoms with Crippen LogP contribution in [0.1, 0.15) is 44.4 Å². The molecule has 3 N–H and O–H groups in total. The fraction of sp³-hybridized carbons (Fsp3) is 0.333. The number of aromatic nitrogens is 1. The molecular formula is C27H33N3O3. The van der Waals surface area contributed by atoms with Gasteiger partial charge >= 0.3 is 6.09 Å². The molecule has 174 valence electrons. The molecule has 0 bridgehead atoms. The minimum absolute atomic E-state index is 0.167. The molecule has 2 amide bonds. The van der Waals surface area contributed by atoms with E-state index in [9.17, 15) is 9.59 Å². The lowest BCUT2D eigenvalue weighted by molar-refractivity contribution is -0.117. The Morgan fingerprint density at radius 3 is 2.45 bits per heavy atom. The predicted molar refractivity (Wildman–Crippen MR) is 134 cm³/mol. The summed E-state index contributed by atoms with van der Waals surface area (Å²) in [4.78, 5) is 27.4. The number of hydrogen-bond donors (Lipinski definition) is 3. The number of aryl methyl sites for hydroxylation is 2. The van der Waals surface area contributed by atoms with Crippen molar-refractivity contribution in [1.29, 1.82) is 0 Å². The summed E-state index contributed by atoms with van der Waals surface area (Å²) in [6.45, 7) is 12.0. The highest BCUT2D eigenvalue weighted by molar-refractivity contribution is 5.97. The summed E-state index contributed by atoms with van der Waals surface area (Å²) in [5.74, 6) is -0.167. The minimum atomic E-state index is -0.549. The van der Waals surface area contributed by atoms with Gasteiger partial charge in [-0.1, -0.05) is 18.2 Å². The van der Waals surface area contributed by atoms with Crippen molar-refractivity contribution in [1.82, 2.24) is 15.6 Å². The van der Waals surface area contributed by atoms with Crippen LogP contribution >= 0.6 is 0 Å². The molecule has 0 saturated heterocycles. The second-order valence-corrected chi connectivity index (χ2v) is 9.32. The van der Waals surface area contributed by atoms with Crippen molar-refractivity contribution < 1.29 is 14.3 Å². The third-order valence-corrected chi connectivity index (χ3v) is 5.29. The minimum Gasteiger partial charge on any atom is -0.444 e. The van der Waals surface area contributed by atoms with Gasteiger partial charge in [-0.15, -0.1) is 0 Å². The summed E-state index contributed by atoms with van der Waals surface area (Å²) >= 11 is 0. The molecule has 33 heavy (non-hydrogen) atoms. The standard InChI is InChI=1S/C27H33N3O3/c1-17-15-23(20-7-8-24-21(16-20)9-10-28-24)18(2)13-22(17)14-19(3)25(31)29-11-12-30-26(32)33-27(4,5)6/h7-10,13-16,28H,11-12H2,1-6H3,(H,29,31)(H,30,32). The highest BCUT2D eigenvalue weighted by Crippen LogP contribution is 2.30. The lowest BCUT2D eigenvalue weighted by Crippen LogP contribution is -2.38. The van der Waals surface area contributed by atoms with Gasteiger partial charge in [0.05, 0.1) is 0 Å². The largest absolute Gasteiger partial charge is 0.444 e. The van der Waals surface area contributed by atoms with Crippen LogP contribution < -0.4 is 10.6 Å². The van der Waals surface area contributed by atoms with E-state index in [1.807, 2.05) is 12.3 Å². The summed E-state index contributed by atoms with van der Waals surface area (Å²) in [5, 5.41) is 6.64. The van der Waals surface area contributed by atoms with E-state index in [4.69, 9.17) is 4.74 Å². The summed E-state index contributed by atoms with van der Waals surface area (Å²) < 4.78 is 5.18.